The first-order chi connectivity index (χ1) is 12.6. The Labute approximate surface area is 154 Å². The molecule has 0 aliphatic heterocycles. The summed E-state index contributed by atoms with van der Waals surface area (Å²) in [6.45, 7) is 1.52. The number of ether oxygens (including phenoxy) is 1. The topological polar surface area (TPSA) is 83.8 Å². The van der Waals surface area contributed by atoms with Crippen LogP contribution in [-0.2, 0) is 4.79 Å². The van der Waals surface area contributed by atoms with E-state index in [9.17, 15) is 4.79 Å². The Balaban J connectivity index is 1.63. The molecule has 0 aliphatic carbocycles. The third-order valence-electron chi connectivity index (χ3n) is 3.53. The van der Waals surface area contributed by atoms with Crippen LogP contribution in [0.2, 0.25) is 0 Å². The van der Waals surface area contributed by atoms with Gasteiger partial charge >= 0.3 is 5.97 Å². The first-order valence-corrected chi connectivity index (χ1v) is 8.76. The zero-order chi connectivity index (χ0) is 18.4. The summed E-state index contributed by atoms with van der Waals surface area (Å²) in [5.41, 5.74) is 6.63. The fourth-order valence-electron chi connectivity index (χ4n) is 2.20. The minimum Gasteiger partial charge on any atom is -0.482 e. The molecular formula is C19H17N3O3S. The molecule has 26 heavy (non-hydrogen) atoms. The number of nitrogens with zero attached hydrogens (tertiary/aromatic N) is 2. The number of hydrazone groups is 1. The number of rotatable bonds is 7. The molecule has 2 aromatic carbocycles. The van der Waals surface area contributed by atoms with E-state index in [0.29, 0.717) is 10.9 Å². The molecule has 0 radical (unpaired) electrons. The van der Waals surface area contributed by atoms with Crippen molar-refractivity contribution in [3.8, 4) is 17.0 Å². The fraction of sp³-hybridized carbons (Fsp3) is 0.105. The van der Waals surface area contributed by atoms with Gasteiger partial charge in [-0.3, -0.25) is 5.43 Å². The second-order valence-corrected chi connectivity index (χ2v) is 6.28. The van der Waals surface area contributed by atoms with Gasteiger partial charge in [0.15, 0.2) is 6.61 Å². The Morgan fingerprint density at radius 3 is 2.62 bits per heavy atom. The minimum atomic E-state index is -1.01. The number of benzene rings is 2. The van der Waals surface area contributed by atoms with Crippen molar-refractivity contribution in [3.63, 3.8) is 0 Å². The number of carboxylic acid groups (broad SMARTS) is 1. The van der Waals surface area contributed by atoms with Crippen LogP contribution in [0.3, 0.4) is 0 Å². The van der Waals surface area contributed by atoms with E-state index in [1.807, 2.05) is 54.8 Å². The number of carbonyl (C=O) groups is 1. The molecule has 0 spiro atoms. The van der Waals surface area contributed by atoms with Crippen LogP contribution in [0.5, 0.6) is 5.75 Å². The number of aromatic nitrogens is 1. The summed E-state index contributed by atoms with van der Waals surface area (Å²) < 4.78 is 5.11. The average Bonchev–Trinajstić information content (AvgIpc) is 3.14. The van der Waals surface area contributed by atoms with Crippen LogP contribution < -0.4 is 10.2 Å². The third-order valence-corrected chi connectivity index (χ3v) is 4.27. The Morgan fingerprint density at radius 2 is 1.92 bits per heavy atom. The molecule has 2 N–H and O–H groups in total. The van der Waals surface area contributed by atoms with E-state index in [2.05, 4.69) is 15.5 Å². The zero-order valence-corrected chi connectivity index (χ0v) is 14.9. The van der Waals surface area contributed by atoms with Crippen LogP contribution in [0, 0.1) is 0 Å². The third kappa shape index (κ3) is 4.67. The molecule has 0 amide bonds. The number of hydrogen-bond donors (Lipinski definition) is 2. The molecule has 0 saturated heterocycles. The molecule has 0 fully saturated rings. The normalized spacial score (nSPS) is 11.2. The van der Waals surface area contributed by atoms with Gasteiger partial charge in [0.05, 0.1) is 11.4 Å². The molecule has 1 heterocycles. The van der Waals surface area contributed by atoms with Crippen LogP contribution in [0.4, 0.5) is 5.13 Å². The van der Waals surface area contributed by atoms with Gasteiger partial charge in [-0.25, -0.2) is 9.78 Å². The summed E-state index contributed by atoms with van der Waals surface area (Å²) in [5, 5.41) is 15.7. The van der Waals surface area contributed by atoms with Crippen LogP contribution in [0.25, 0.3) is 11.3 Å². The highest BCUT2D eigenvalue weighted by Crippen LogP contribution is 2.24. The smallest absolute Gasteiger partial charge is 0.341 e. The van der Waals surface area contributed by atoms with Gasteiger partial charge in [0, 0.05) is 10.9 Å². The lowest BCUT2D eigenvalue weighted by molar-refractivity contribution is -0.139. The fourth-order valence-corrected chi connectivity index (χ4v) is 2.86. The largest absolute Gasteiger partial charge is 0.482 e. The zero-order valence-electron chi connectivity index (χ0n) is 14.0. The van der Waals surface area contributed by atoms with E-state index in [1.165, 1.54) is 11.3 Å². The molecule has 0 bridgehead atoms. The molecule has 3 aromatic rings. The quantitative estimate of drug-likeness (QED) is 0.485. The first-order valence-electron chi connectivity index (χ1n) is 7.88. The maximum absolute atomic E-state index is 10.5. The van der Waals surface area contributed by atoms with Crippen LogP contribution in [-0.4, -0.2) is 28.4 Å². The van der Waals surface area contributed by atoms with Gasteiger partial charge in [0.1, 0.15) is 5.75 Å². The number of aliphatic carboxylic acids is 1. The standard InChI is InChI=1S/C19H17N3O3S/c1-13(14-7-9-16(10-8-14)25-11-18(23)24)21-22-19-20-17(12-26-19)15-5-3-2-4-6-15/h2-10,12H,11H2,1H3,(H,20,22)(H,23,24)/b21-13-. The van der Waals surface area contributed by atoms with E-state index in [1.54, 1.807) is 12.1 Å². The van der Waals surface area contributed by atoms with E-state index in [4.69, 9.17) is 9.84 Å². The van der Waals surface area contributed by atoms with Crippen molar-refractivity contribution >= 4 is 28.1 Å². The monoisotopic (exact) mass is 367 g/mol. The minimum absolute atomic E-state index is 0.359. The Kier molecular flexibility index (Phi) is 5.60. The molecule has 0 unspecified atom stereocenters. The van der Waals surface area contributed by atoms with Gasteiger partial charge in [-0.15, -0.1) is 11.3 Å². The van der Waals surface area contributed by atoms with Crippen molar-refractivity contribution in [1.82, 2.24) is 4.98 Å². The van der Waals surface area contributed by atoms with Gasteiger partial charge in [0.25, 0.3) is 0 Å². The van der Waals surface area contributed by atoms with Crippen LogP contribution >= 0.6 is 11.3 Å². The van der Waals surface area contributed by atoms with Gasteiger partial charge in [0.2, 0.25) is 5.13 Å². The van der Waals surface area contributed by atoms with Gasteiger partial charge in [-0.1, -0.05) is 30.3 Å². The number of nitrogens with one attached hydrogen (secondary N) is 1. The summed E-state index contributed by atoms with van der Waals surface area (Å²) >= 11 is 1.49. The highest BCUT2D eigenvalue weighted by atomic mass is 32.1. The van der Waals surface area contributed by atoms with Crippen molar-refractivity contribution < 1.29 is 14.6 Å². The van der Waals surface area contributed by atoms with E-state index >= 15 is 0 Å². The first kappa shape index (κ1) is 17.6. The summed E-state index contributed by atoms with van der Waals surface area (Å²) in [6.07, 6.45) is 0. The van der Waals surface area contributed by atoms with Gasteiger partial charge < -0.3 is 9.84 Å². The molecule has 132 valence electrons. The number of anilines is 1. The lowest BCUT2D eigenvalue weighted by atomic mass is 10.1. The van der Waals surface area contributed by atoms with Crippen LogP contribution in [0.15, 0.2) is 65.1 Å². The second-order valence-electron chi connectivity index (χ2n) is 5.42. The molecule has 7 heteroatoms. The average molecular weight is 367 g/mol. The maximum Gasteiger partial charge on any atom is 0.341 e. The van der Waals surface area contributed by atoms with Crippen molar-refractivity contribution in [2.45, 2.75) is 6.92 Å². The Hall–Kier alpha value is -3.19. The van der Waals surface area contributed by atoms with Crippen molar-refractivity contribution in [3.05, 3.63) is 65.5 Å². The van der Waals surface area contributed by atoms with E-state index in [0.717, 1.165) is 22.5 Å². The molecule has 3 rings (SSSR count). The Morgan fingerprint density at radius 1 is 1.19 bits per heavy atom. The lowest BCUT2D eigenvalue weighted by Crippen LogP contribution is -2.09. The summed E-state index contributed by atoms with van der Waals surface area (Å²) in [4.78, 5) is 15.0. The lowest BCUT2D eigenvalue weighted by Gasteiger charge is -2.05. The molecule has 0 aliphatic rings. The summed E-state index contributed by atoms with van der Waals surface area (Å²) in [6, 6.07) is 17.1. The molecule has 6 nitrogen and oxygen atoms in total. The van der Waals surface area contributed by atoms with E-state index < -0.39 is 5.97 Å². The van der Waals surface area contributed by atoms with E-state index in [-0.39, 0.29) is 6.61 Å². The van der Waals surface area contributed by atoms with Crippen LogP contribution in [0.1, 0.15) is 12.5 Å². The van der Waals surface area contributed by atoms with Crippen molar-refractivity contribution in [2.75, 3.05) is 12.0 Å². The highest BCUT2D eigenvalue weighted by Gasteiger charge is 2.04. The molecule has 1 aromatic heterocycles. The number of hydrogen-bond acceptors (Lipinski definition) is 6. The predicted octanol–water partition coefficient (Wildman–Crippen LogP) is 4.11. The van der Waals surface area contributed by atoms with Crippen molar-refractivity contribution in [2.24, 2.45) is 5.10 Å². The summed E-state index contributed by atoms with van der Waals surface area (Å²) in [5.74, 6) is -0.501. The molecular weight excluding hydrogens is 350 g/mol. The van der Waals surface area contributed by atoms with Gasteiger partial charge in [-0.05, 0) is 36.8 Å². The summed E-state index contributed by atoms with van der Waals surface area (Å²) in [7, 11) is 0. The molecule has 0 atom stereocenters. The number of carboxylic acids is 1. The predicted molar refractivity (Wildman–Crippen MR) is 103 cm³/mol. The van der Waals surface area contributed by atoms with Gasteiger partial charge in [-0.2, -0.15) is 5.10 Å². The maximum atomic E-state index is 10.5. The van der Waals surface area contributed by atoms with Crippen molar-refractivity contribution in [1.29, 1.82) is 0 Å². The number of thiazole rings is 1. The highest BCUT2D eigenvalue weighted by molar-refractivity contribution is 7.14. The SMILES string of the molecule is C/C(=N/Nc1nc(-c2ccccc2)cs1)c1ccc(OCC(=O)O)cc1. The Bertz CT molecular complexity index is 905. The molecule has 0 saturated carbocycles. The second kappa shape index (κ2) is 8.26.